The van der Waals surface area contributed by atoms with Crippen molar-refractivity contribution >= 4 is 12.0 Å². The van der Waals surface area contributed by atoms with Crippen molar-refractivity contribution in [1.29, 1.82) is 0 Å². The predicted molar refractivity (Wildman–Crippen MR) is 116 cm³/mol. The molecule has 0 saturated heterocycles. The number of hydrogen-bond donors (Lipinski definition) is 1. The van der Waals surface area contributed by atoms with Gasteiger partial charge >= 0.3 is 0 Å². The number of hydrogen-bond acceptors (Lipinski definition) is 2. The van der Waals surface area contributed by atoms with E-state index in [9.17, 15) is 10.0 Å². The van der Waals surface area contributed by atoms with Crippen molar-refractivity contribution in [3.8, 4) is 0 Å². The second-order valence-corrected chi connectivity index (χ2v) is 7.30. The van der Waals surface area contributed by atoms with Gasteiger partial charge in [0.15, 0.2) is 0 Å². The third-order valence-electron chi connectivity index (χ3n) is 4.94. The summed E-state index contributed by atoms with van der Waals surface area (Å²) in [7, 11) is 0. The van der Waals surface area contributed by atoms with Crippen LogP contribution in [0.25, 0.3) is 6.08 Å². The topological polar surface area (TPSA) is 40.5 Å². The Bertz CT molecular complexity index is 707. The van der Waals surface area contributed by atoms with Crippen LogP contribution in [0.2, 0.25) is 0 Å². The highest BCUT2D eigenvalue weighted by Gasteiger charge is 2.10. The second kappa shape index (κ2) is 12.9. The second-order valence-electron chi connectivity index (χ2n) is 7.30. The van der Waals surface area contributed by atoms with Gasteiger partial charge in [-0.25, -0.2) is 0 Å². The molecule has 3 nitrogen and oxygen atoms in total. The lowest BCUT2D eigenvalue weighted by atomic mass is 10.0. The Labute approximate surface area is 169 Å². The summed E-state index contributed by atoms with van der Waals surface area (Å²) in [5, 5.41) is 10.6. The summed E-state index contributed by atoms with van der Waals surface area (Å²) < 4.78 is 0. The van der Waals surface area contributed by atoms with E-state index in [4.69, 9.17) is 0 Å². The summed E-state index contributed by atoms with van der Waals surface area (Å²) in [5.41, 5.74) is 2.65. The monoisotopic (exact) mass is 379 g/mol. The highest BCUT2D eigenvalue weighted by Crippen LogP contribution is 2.13. The molecule has 0 atom stereocenters. The maximum atomic E-state index is 12.3. The van der Waals surface area contributed by atoms with Gasteiger partial charge in [-0.1, -0.05) is 94.3 Å². The highest BCUT2D eigenvalue weighted by atomic mass is 16.5. The average Bonchev–Trinajstić information content (AvgIpc) is 2.74. The van der Waals surface area contributed by atoms with Crippen LogP contribution in [-0.2, 0) is 6.42 Å². The van der Waals surface area contributed by atoms with Crippen molar-refractivity contribution in [2.24, 2.45) is 0 Å². The molecule has 3 heteroatoms. The first-order valence-corrected chi connectivity index (χ1v) is 10.6. The minimum absolute atomic E-state index is 0.425. The molecule has 0 aliphatic rings. The number of benzene rings is 2. The summed E-state index contributed by atoms with van der Waals surface area (Å²) in [6.07, 6.45) is 14.6. The Morgan fingerprint density at radius 1 is 0.857 bits per heavy atom. The van der Waals surface area contributed by atoms with E-state index in [0.29, 0.717) is 10.6 Å². The Hall–Kier alpha value is -2.39. The third-order valence-corrected chi connectivity index (χ3v) is 4.94. The third kappa shape index (κ3) is 8.10. The van der Waals surface area contributed by atoms with Crippen molar-refractivity contribution in [3.05, 3.63) is 77.5 Å². The Morgan fingerprint density at radius 3 is 2.11 bits per heavy atom. The SMILES string of the molecule is CCCCCCCCCCc1ccc(C(=O)N(O)C=Cc2ccccc2)cc1. The molecular formula is C25H33NO2. The first-order chi connectivity index (χ1) is 13.7. The van der Waals surface area contributed by atoms with Crippen LogP contribution < -0.4 is 0 Å². The van der Waals surface area contributed by atoms with Crippen LogP contribution in [0.4, 0.5) is 0 Å². The molecule has 1 N–H and O–H groups in total. The van der Waals surface area contributed by atoms with E-state index in [1.54, 1.807) is 18.2 Å². The summed E-state index contributed by atoms with van der Waals surface area (Å²) in [5.74, 6) is -0.425. The summed E-state index contributed by atoms with van der Waals surface area (Å²) in [4.78, 5) is 12.3. The van der Waals surface area contributed by atoms with Crippen LogP contribution in [-0.4, -0.2) is 16.2 Å². The van der Waals surface area contributed by atoms with Crippen molar-refractivity contribution in [2.45, 2.75) is 64.7 Å². The van der Waals surface area contributed by atoms with E-state index in [-0.39, 0.29) is 0 Å². The molecule has 0 saturated carbocycles. The Kier molecular flexibility index (Phi) is 10.1. The molecule has 0 radical (unpaired) electrons. The fraction of sp³-hybridized carbons (Fsp3) is 0.400. The summed E-state index contributed by atoms with van der Waals surface area (Å²) in [6.45, 7) is 2.25. The lowest BCUT2D eigenvalue weighted by Gasteiger charge is -2.10. The minimum atomic E-state index is -0.425. The molecule has 0 fully saturated rings. The molecule has 2 aromatic rings. The molecule has 0 aliphatic carbocycles. The van der Waals surface area contributed by atoms with Crippen molar-refractivity contribution < 1.29 is 10.0 Å². The van der Waals surface area contributed by atoms with Crippen molar-refractivity contribution in [3.63, 3.8) is 0 Å². The first kappa shape index (κ1) is 21.9. The van der Waals surface area contributed by atoms with Crippen LogP contribution in [0, 0.1) is 0 Å². The van der Waals surface area contributed by atoms with Gasteiger partial charge in [0, 0.05) is 11.8 Å². The Balaban J connectivity index is 1.72. The van der Waals surface area contributed by atoms with E-state index in [1.165, 1.54) is 63.1 Å². The van der Waals surface area contributed by atoms with E-state index >= 15 is 0 Å². The maximum absolute atomic E-state index is 12.3. The fourth-order valence-electron chi connectivity index (χ4n) is 3.20. The normalized spacial score (nSPS) is 11.1. The molecule has 28 heavy (non-hydrogen) atoms. The molecule has 1 amide bonds. The van der Waals surface area contributed by atoms with E-state index < -0.39 is 5.91 Å². The largest absolute Gasteiger partial charge is 0.281 e. The van der Waals surface area contributed by atoms with Gasteiger partial charge in [-0.2, -0.15) is 5.06 Å². The van der Waals surface area contributed by atoms with Gasteiger partial charge in [-0.3, -0.25) is 10.0 Å². The minimum Gasteiger partial charge on any atom is -0.281 e. The molecule has 150 valence electrons. The number of nitrogens with zero attached hydrogens (tertiary/aromatic N) is 1. The van der Waals surface area contributed by atoms with Gasteiger partial charge in [0.1, 0.15) is 0 Å². The summed E-state index contributed by atoms with van der Waals surface area (Å²) in [6, 6.07) is 17.1. The number of carbonyl (C=O) groups is 1. The molecular weight excluding hydrogens is 346 g/mol. The number of carbonyl (C=O) groups excluding carboxylic acids is 1. The zero-order valence-electron chi connectivity index (χ0n) is 17.0. The molecule has 0 aromatic heterocycles. The number of rotatable bonds is 12. The van der Waals surface area contributed by atoms with Crippen LogP contribution in [0.15, 0.2) is 60.8 Å². The summed E-state index contributed by atoms with van der Waals surface area (Å²) >= 11 is 0. The lowest BCUT2D eigenvalue weighted by Crippen LogP contribution is -2.21. The average molecular weight is 380 g/mol. The van der Waals surface area contributed by atoms with Gasteiger partial charge in [-0.15, -0.1) is 0 Å². The fourth-order valence-corrected chi connectivity index (χ4v) is 3.20. The van der Waals surface area contributed by atoms with Gasteiger partial charge in [0.05, 0.1) is 0 Å². The number of aryl methyl sites for hydroxylation is 1. The van der Waals surface area contributed by atoms with E-state index in [1.807, 2.05) is 42.5 Å². The molecule has 0 spiro atoms. The van der Waals surface area contributed by atoms with Crippen LogP contribution in [0.1, 0.15) is 79.8 Å². The number of hydroxylamine groups is 2. The number of unbranched alkanes of at least 4 members (excludes halogenated alkanes) is 7. The van der Waals surface area contributed by atoms with E-state index in [0.717, 1.165) is 12.0 Å². The molecule has 0 heterocycles. The van der Waals surface area contributed by atoms with Gasteiger partial charge < -0.3 is 0 Å². The lowest BCUT2D eigenvalue weighted by molar-refractivity contribution is -0.0195. The quantitative estimate of drug-likeness (QED) is 0.248. The van der Waals surface area contributed by atoms with Gasteiger partial charge in [0.2, 0.25) is 0 Å². The zero-order chi connectivity index (χ0) is 20.0. The van der Waals surface area contributed by atoms with Gasteiger partial charge in [-0.05, 0) is 42.2 Å². The number of amides is 1. The standard InChI is InChI=1S/C25H33NO2/c1-2-3-4-5-6-7-8-10-15-23-16-18-24(19-17-23)25(27)26(28)21-20-22-13-11-9-12-14-22/h9,11-14,16-21,28H,2-8,10,15H2,1H3. The molecule has 0 aliphatic heterocycles. The van der Waals surface area contributed by atoms with Crippen LogP contribution in [0.5, 0.6) is 0 Å². The molecule has 0 bridgehead atoms. The van der Waals surface area contributed by atoms with Gasteiger partial charge in [0.25, 0.3) is 5.91 Å². The highest BCUT2D eigenvalue weighted by molar-refractivity contribution is 5.94. The Morgan fingerprint density at radius 2 is 1.46 bits per heavy atom. The first-order valence-electron chi connectivity index (χ1n) is 10.6. The van der Waals surface area contributed by atoms with Crippen LogP contribution in [0.3, 0.4) is 0 Å². The van der Waals surface area contributed by atoms with E-state index in [2.05, 4.69) is 6.92 Å². The zero-order valence-corrected chi connectivity index (χ0v) is 17.0. The molecule has 2 aromatic carbocycles. The van der Waals surface area contributed by atoms with Crippen molar-refractivity contribution in [1.82, 2.24) is 5.06 Å². The van der Waals surface area contributed by atoms with Crippen molar-refractivity contribution in [2.75, 3.05) is 0 Å². The predicted octanol–water partition coefficient (Wildman–Crippen LogP) is 6.87. The molecule has 0 unspecified atom stereocenters. The maximum Gasteiger partial charge on any atom is 0.281 e. The van der Waals surface area contributed by atoms with Crippen LogP contribution >= 0.6 is 0 Å². The molecule has 2 rings (SSSR count). The smallest absolute Gasteiger partial charge is 0.281 e.